The maximum atomic E-state index is 11.0. The van der Waals surface area contributed by atoms with Crippen molar-refractivity contribution < 1.29 is 4.92 Å². The highest BCUT2D eigenvalue weighted by molar-refractivity contribution is 6.17. The molecule has 0 radical (unpaired) electrons. The number of aromatic amines is 1. The second-order valence-electron chi connectivity index (χ2n) is 4.14. The van der Waals surface area contributed by atoms with Crippen LogP contribution in [0, 0.1) is 10.1 Å². The number of benzene rings is 1. The number of para-hydroxylation sites is 2. The highest BCUT2D eigenvalue weighted by Crippen LogP contribution is 2.24. The first-order valence-corrected chi connectivity index (χ1v) is 6.45. The first-order chi connectivity index (χ1) is 9.70. The number of alkyl halides is 1. The van der Waals surface area contributed by atoms with Crippen LogP contribution in [0.4, 0.5) is 5.82 Å². The topological polar surface area (TPSA) is 89.6 Å². The third-order valence-corrected chi connectivity index (χ3v) is 3.10. The second kappa shape index (κ2) is 4.93. The van der Waals surface area contributed by atoms with Gasteiger partial charge in [0, 0.05) is 0 Å². The molecule has 1 N–H and O–H groups in total. The van der Waals surface area contributed by atoms with E-state index in [-0.39, 0.29) is 11.7 Å². The maximum Gasteiger partial charge on any atom is 0.343 e. The fourth-order valence-electron chi connectivity index (χ4n) is 2.07. The van der Waals surface area contributed by atoms with E-state index in [0.717, 1.165) is 11.0 Å². The van der Waals surface area contributed by atoms with Crippen LogP contribution in [-0.2, 0) is 6.54 Å². The van der Waals surface area contributed by atoms with Crippen molar-refractivity contribution in [3.63, 3.8) is 0 Å². The summed E-state index contributed by atoms with van der Waals surface area (Å²) >= 11 is 5.71. The first-order valence-electron chi connectivity index (χ1n) is 5.91. The minimum absolute atomic E-state index is 0.0962. The SMILES string of the molecule is O=[N+]([O-])c1cnc(-c2nc3ccccc3[nH]2)n1CCCl. The molecule has 0 bridgehead atoms. The minimum atomic E-state index is -0.480. The lowest BCUT2D eigenvalue weighted by Crippen LogP contribution is -2.06. The molecule has 3 rings (SSSR count). The monoisotopic (exact) mass is 291 g/mol. The number of halogens is 1. The summed E-state index contributed by atoms with van der Waals surface area (Å²) in [5, 5.41) is 11.0. The van der Waals surface area contributed by atoms with Gasteiger partial charge < -0.3 is 15.1 Å². The molecule has 102 valence electrons. The Kier molecular flexibility index (Phi) is 3.11. The van der Waals surface area contributed by atoms with Gasteiger partial charge in [-0.25, -0.2) is 14.5 Å². The quantitative estimate of drug-likeness (QED) is 0.454. The van der Waals surface area contributed by atoms with E-state index in [1.54, 1.807) is 0 Å². The summed E-state index contributed by atoms with van der Waals surface area (Å²) in [6, 6.07) is 7.51. The summed E-state index contributed by atoms with van der Waals surface area (Å²) in [6.07, 6.45) is 1.22. The normalized spacial score (nSPS) is 11.1. The Labute approximate surface area is 118 Å². The molecule has 1 aromatic carbocycles. The van der Waals surface area contributed by atoms with Crippen molar-refractivity contribution >= 4 is 28.5 Å². The van der Waals surface area contributed by atoms with E-state index in [1.807, 2.05) is 24.3 Å². The summed E-state index contributed by atoms with van der Waals surface area (Å²) in [5.74, 6) is 1.06. The smallest absolute Gasteiger partial charge is 0.343 e. The molecule has 0 saturated carbocycles. The predicted molar refractivity (Wildman–Crippen MR) is 74.7 cm³/mol. The number of imidazole rings is 2. The number of nitrogens with zero attached hydrogens (tertiary/aromatic N) is 4. The van der Waals surface area contributed by atoms with Crippen molar-refractivity contribution in [2.75, 3.05) is 5.88 Å². The summed E-state index contributed by atoms with van der Waals surface area (Å²) in [7, 11) is 0. The molecule has 0 aliphatic rings. The second-order valence-corrected chi connectivity index (χ2v) is 4.52. The van der Waals surface area contributed by atoms with Gasteiger partial charge in [-0.1, -0.05) is 12.1 Å². The average molecular weight is 292 g/mol. The molecule has 2 aromatic heterocycles. The first kappa shape index (κ1) is 12.6. The van der Waals surface area contributed by atoms with Crippen molar-refractivity contribution in [3.05, 3.63) is 40.6 Å². The van der Waals surface area contributed by atoms with Crippen molar-refractivity contribution in [1.82, 2.24) is 19.5 Å². The van der Waals surface area contributed by atoms with Gasteiger partial charge >= 0.3 is 5.82 Å². The van der Waals surface area contributed by atoms with E-state index < -0.39 is 4.92 Å². The standard InChI is InChI=1S/C12H10ClN5O2/c13-5-6-17-10(18(19)20)7-14-12(17)11-15-8-3-1-2-4-9(8)16-11/h1-4,7H,5-6H2,(H,15,16). The van der Waals surface area contributed by atoms with Crippen molar-refractivity contribution in [2.45, 2.75) is 6.54 Å². The molecule has 0 aliphatic heterocycles. The number of hydrogen-bond donors (Lipinski definition) is 1. The van der Waals surface area contributed by atoms with Crippen LogP contribution < -0.4 is 0 Å². The predicted octanol–water partition coefficient (Wildman–Crippen LogP) is 2.57. The zero-order valence-electron chi connectivity index (χ0n) is 10.3. The van der Waals surface area contributed by atoms with Crippen LogP contribution in [0.2, 0.25) is 0 Å². The Morgan fingerprint density at radius 3 is 2.90 bits per heavy atom. The van der Waals surface area contributed by atoms with E-state index in [9.17, 15) is 10.1 Å². The molecule has 0 saturated heterocycles. The van der Waals surface area contributed by atoms with Crippen molar-refractivity contribution in [2.24, 2.45) is 0 Å². The van der Waals surface area contributed by atoms with Gasteiger partial charge in [0.15, 0.2) is 5.82 Å². The van der Waals surface area contributed by atoms with Crippen LogP contribution in [0.15, 0.2) is 30.5 Å². The highest BCUT2D eigenvalue weighted by Gasteiger charge is 2.23. The van der Waals surface area contributed by atoms with Gasteiger partial charge in [-0.2, -0.15) is 0 Å². The molecule has 0 fully saturated rings. The number of hydrogen-bond acceptors (Lipinski definition) is 4. The van der Waals surface area contributed by atoms with Crippen molar-refractivity contribution in [1.29, 1.82) is 0 Å². The zero-order valence-corrected chi connectivity index (χ0v) is 11.0. The van der Waals surface area contributed by atoms with E-state index >= 15 is 0 Å². The van der Waals surface area contributed by atoms with Gasteiger partial charge in [-0.3, -0.25) is 0 Å². The Morgan fingerprint density at radius 1 is 1.40 bits per heavy atom. The minimum Gasteiger partial charge on any atom is -0.358 e. The molecular formula is C12H10ClN5O2. The third kappa shape index (κ3) is 2.01. The van der Waals surface area contributed by atoms with E-state index in [4.69, 9.17) is 11.6 Å². The van der Waals surface area contributed by atoms with Gasteiger partial charge in [0.1, 0.15) is 12.7 Å². The summed E-state index contributed by atoms with van der Waals surface area (Å²) in [4.78, 5) is 22.1. The fourth-order valence-corrected chi connectivity index (χ4v) is 2.23. The highest BCUT2D eigenvalue weighted by atomic mass is 35.5. The molecule has 20 heavy (non-hydrogen) atoms. The molecule has 0 spiro atoms. The molecule has 7 nitrogen and oxygen atoms in total. The van der Waals surface area contributed by atoms with Gasteiger partial charge in [-0.15, -0.1) is 11.6 Å². The van der Waals surface area contributed by atoms with Crippen LogP contribution in [0.3, 0.4) is 0 Å². The van der Waals surface area contributed by atoms with Crippen LogP contribution in [0.5, 0.6) is 0 Å². The van der Waals surface area contributed by atoms with E-state index in [1.165, 1.54) is 10.8 Å². The molecule has 0 unspecified atom stereocenters. The Balaban J connectivity index is 2.15. The third-order valence-electron chi connectivity index (χ3n) is 2.93. The number of nitro groups is 1. The van der Waals surface area contributed by atoms with Crippen LogP contribution in [-0.4, -0.2) is 30.3 Å². The maximum absolute atomic E-state index is 11.0. The lowest BCUT2D eigenvalue weighted by atomic mass is 10.3. The molecule has 3 aromatic rings. The number of aromatic nitrogens is 4. The largest absolute Gasteiger partial charge is 0.358 e. The van der Waals surface area contributed by atoms with Gasteiger partial charge in [0.25, 0.3) is 5.82 Å². The summed E-state index contributed by atoms with van der Waals surface area (Å²) in [6.45, 7) is 0.296. The molecule has 0 aliphatic carbocycles. The molecule has 0 amide bonds. The molecule has 2 heterocycles. The van der Waals surface area contributed by atoms with Gasteiger partial charge in [0.05, 0.1) is 16.9 Å². The molecule has 8 heteroatoms. The molecular weight excluding hydrogens is 282 g/mol. The molecule has 0 atom stereocenters. The lowest BCUT2D eigenvalue weighted by molar-refractivity contribution is -0.392. The van der Waals surface area contributed by atoms with E-state index in [0.29, 0.717) is 18.2 Å². The van der Waals surface area contributed by atoms with Crippen LogP contribution in [0.1, 0.15) is 0 Å². The number of rotatable bonds is 4. The fraction of sp³-hybridized carbons (Fsp3) is 0.167. The van der Waals surface area contributed by atoms with Crippen molar-refractivity contribution in [3.8, 4) is 11.6 Å². The Bertz CT molecular complexity index is 746. The summed E-state index contributed by atoms with van der Waals surface area (Å²) < 4.78 is 1.45. The zero-order chi connectivity index (χ0) is 14.1. The number of nitrogens with one attached hydrogen (secondary N) is 1. The Morgan fingerprint density at radius 2 is 2.20 bits per heavy atom. The van der Waals surface area contributed by atoms with Gasteiger partial charge in [-0.05, 0) is 17.1 Å². The Hall–Kier alpha value is -2.41. The lowest BCUT2D eigenvalue weighted by Gasteiger charge is -2.00. The number of fused-ring (bicyclic) bond motifs is 1. The number of H-pyrrole nitrogens is 1. The average Bonchev–Trinajstić information content (AvgIpc) is 3.01. The van der Waals surface area contributed by atoms with Gasteiger partial charge in [0.2, 0.25) is 0 Å². The summed E-state index contributed by atoms with van der Waals surface area (Å²) in [5.41, 5.74) is 1.64. The van der Waals surface area contributed by atoms with E-state index in [2.05, 4.69) is 15.0 Å². The van der Waals surface area contributed by atoms with Crippen LogP contribution in [0.25, 0.3) is 22.7 Å². The van der Waals surface area contributed by atoms with Crippen LogP contribution >= 0.6 is 11.6 Å².